The molecular weight excluding hydrogens is 214 g/mol. The Morgan fingerprint density at radius 3 is 3.18 bits per heavy atom. The minimum atomic E-state index is 0.0811. The van der Waals surface area contributed by atoms with E-state index in [9.17, 15) is 4.79 Å². The Balaban J connectivity index is 1.94. The Hall–Kier alpha value is -1.68. The Bertz CT molecular complexity index is 381. The van der Waals surface area contributed by atoms with Crippen molar-refractivity contribution in [3.63, 3.8) is 0 Å². The Labute approximate surface area is 101 Å². The van der Waals surface area contributed by atoms with Crippen molar-refractivity contribution in [2.75, 3.05) is 26.2 Å². The summed E-state index contributed by atoms with van der Waals surface area (Å²) < 4.78 is 0. The maximum Gasteiger partial charge on any atom is 0.246 e. The summed E-state index contributed by atoms with van der Waals surface area (Å²) >= 11 is 0. The first-order valence-corrected chi connectivity index (χ1v) is 5.94. The lowest BCUT2D eigenvalue weighted by Gasteiger charge is -2.17. The molecule has 1 aliphatic heterocycles. The summed E-state index contributed by atoms with van der Waals surface area (Å²) in [6.07, 6.45) is 7.93. The number of carbonyl (C=O) groups is 1. The summed E-state index contributed by atoms with van der Waals surface area (Å²) in [5.74, 6) is 0.0811. The van der Waals surface area contributed by atoms with E-state index >= 15 is 0 Å². The summed E-state index contributed by atoms with van der Waals surface area (Å²) in [5, 5.41) is 3.28. The molecule has 4 heteroatoms. The molecule has 1 N–H and O–H groups in total. The summed E-state index contributed by atoms with van der Waals surface area (Å²) in [4.78, 5) is 17.8. The maximum atomic E-state index is 11.9. The summed E-state index contributed by atoms with van der Waals surface area (Å²) in [6.45, 7) is 3.50. The van der Waals surface area contributed by atoms with Crippen molar-refractivity contribution in [1.29, 1.82) is 0 Å². The highest BCUT2D eigenvalue weighted by Crippen LogP contribution is 2.02. The second kappa shape index (κ2) is 6.15. The Kier molecular flexibility index (Phi) is 4.27. The van der Waals surface area contributed by atoms with Crippen molar-refractivity contribution in [2.45, 2.75) is 6.42 Å². The Morgan fingerprint density at radius 2 is 2.35 bits per heavy atom. The van der Waals surface area contributed by atoms with Gasteiger partial charge in [-0.3, -0.25) is 9.78 Å². The molecule has 90 valence electrons. The van der Waals surface area contributed by atoms with E-state index in [-0.39, 0.29) is 5.91 Å². The van der Waals surface area contributed by atoms with Gasteiger partial charge < -0.3 is 10.2 Å². The van der Waals surface area contributed by atoms with E-state index in [0.29, 0.717) is 0 Å². The molecule has 2 rings (SSSR count). The molecule has 2 heterocycles. The van der Waals surface area contributed by atoms with E-state index in [0.717, 1.165) is 38.2 Å². The maximum absolute atomic E-state index is 11.9. The predicted molar refractivity (Wildman–Crippen MR) is 67.3 cm³/mol. The van der Waals surface area contributed by atoms with Gasteiger partial charge >= 0.3 is 0 Å². The first-order valence-electron chi connectivity index (χ1n) is 5.94. The van der Waals surface area contributed by atoms with Crippen LogP contribution in [0.15, 0.2) is 30.6 Å². The zero-order chi connectivity index (χ0) is 11.9. The number of hydrogen-bond donors (Lipinski definition) is 1. The van der Waals surface area contributed by atoms with Gasteiger partial charge in [-0.25, -0.2) is 0 Å². The van der Waals surface area contributed by atoms with Gasteiger partial charge in [0.25, 0.3) is 0 Å². The van der Waals surface area contributed by atoms with Crippen LogP contribution in [0, 0.1) is 0 Å². The van der Waals surface area contributed by atoms with Gasteiger partial charge in [0, 0.05) is 38.1 Å². The first kappa shape index (κ1) is 11.8. The lowest BCUT2D eigenvalue weighted by molar-refractivity contribution is -0.125. The molecule has 1 aromatic heterocycles. The van der Waals surface area contributed by atoms with Gasteiger partial charge in [-0.1, -0.05) is 6.07 Å². The van der Waals surface area contributed by atoms with Crippen LogP contribution in [0.2, 0.25) is 0 Å². The molecule has 0 aliphatic carbocycles. The lowest BCUT2D eigenvalue weighted by atomic mass is 10.2. The van der Waals surface area contributed by atoms with E-state index in [1.807, 2.05) is 23.1 Å². The fraction of sp³-hybridized carbons (Fsp3) is 0.385. The van der Waals surface area contributed by atoms with Crippen molar-refractivity contribution in [1.82, 2.24) is 15.2 Å². The number of nitrogens with zero attached hydrogens (tertiary/aromatic N) is 2. The Morgan fingerprint density at radius 1 is 1.41 bits per heavy atom. The highest BCUT2D eigenvalue weighted by molar-refractivity contribution is 5.91. The SMILES string of the molecule is O=C(/C=C/c1cccnc1)N1CCCNCC1. The molecule has 0 radical (unpaired) electrons. The first-order chi connectivity index (χ1) is 8.36. The molecule has 1 fully saturated rings. The molecule has 0 atom stereocenters. The summed E-state index contributed by atoms with van der Waals surface area (Å²) in [6, 6.07) is 3.79. The molecule has 0 aromatic carbocycles. The smallest absolute Gasteiger partial charge is 0.246 e. The molecule has 0 spiro atoms. The predicted octanol–water partition coefficient (Wildman–Crippen LogP) is 0.917. The number of hydrogen-bond acceptors (Lipinski definition) is 3. The second-order valence-electron chi connectivity index (χ2n) is 4.05. The molecule has 4 nitrogen and oxygen atoms in total. The van der Waals surface area contributed by atoms with Crippen LogP contribution < -0.4 is 5.32 Å². The van der Waals surface area contributed by atoms with Crippen LogP contribution >= 0.6 is 0 Å². The van der Waals surface area contributed by atoms with E-state index in [1.54, 1.807) is 18.5 Å². The molecule has 0 saturated carbocycles. The number of amides is 1. The van der Waals surface area contributed by atoms with Crippen molar-refractivity contribution >= 4 is 12.0 Å². The van der Waals surface area contributed by atoms with Gasteiger partial charge in [0.2, 0.25) is 5.91 Å². The third kappa shape index (κ3) is 3.67. The average molecular weight is 231 g/mol. The minimum absolute atomic E-state index is 0.0811. The standard InChI is InChI=1S/C13H17N3O/c17-13(16-9-2-7-14-8-10-16)5-4-12-3-1-6-15-11-12/h1,3-6,11,14H,2,7-10H2/b5-4+. The molecule has 1 aliphatic rings. The number of pyridine rings is 1. The van der Waals surface area contributed by atoms with Gasteiger partial charge in [0.05, 0.1) is 0 Å². The van der Waals surface area contributed by atoms with Gasteiger partial charge in [0.1, 0.15) is 0 Å². The van der Waals surface area contributed by atoms with Gasteiger partial charge in [-0.15, -0.1) is 0 Å². The number of aromatic nitrogens is 1. The summed E-state index contributed by atoms with van der Waals surface area (Å²) in [5.41, 5.74) is 0.953. The van der Waals surface area contributed by atoms with Gasteiger partial charge in [0.15, 0.2) is 0 Å². The van der Waals surface area contributed by atoms with Crippen LogP contribution in [-0.2, 0) is 4.79 Å². The highest BCUT2D eigenvalue weighted by Gasteiger charge is 2.11. The molecule has 0 bridgehead atoms. The molecular formula is C13H17N3O. The van der Waals surface area contributed by atoms with E-state index in [1.165, 1.54) is 0 Å². The highest BCUT2D eigenvalue weighted by atomic mass is 16.2. The molecule has 1 saturated heterocycles. The molecule has 0 unspecified atom stereocenters. The topological polar surface area (TPSA) is 45.2 Å². The van der Waals surface area contributed by atoms with E-state index in [2.05, 4.69) is 10.3 Å². The van der Waals surface area contributed by atoms with Crippen molar-refractivity contribution in [3.8, 4) is 0 Å². The number of nitrogens with one attached hydrogen (secondary N) is 1. The van der Waals surface area contributed by atoms with Crippen LogP contribution in [-0.4, -0.2) is 42.0 Å². The van der Waals surface area contributed by atoms with Crippen LogP contribution in [0.25, 0.3) is 6.08 Å². The minimum Gasteiger partial charge on any atom is -0.338 e. The fourth-order valence-corrected chi connectivity index (χ4v) is 1.81. The fourth-order valence-electron chi connectivity index (χ4n) is 1.81. The van der Waals surface area contributed by atoms with Crippen molar-refractivity contribution in [2.24, 2.45) is 0 Å². The van der Waals surface area contributed by atoms with Crippen LogP contribution in [0.4, 0.5) is 0 Å². The summed E-state index contributed by atoms with van der Waals surface area (Å²) in [7, 11) is 0. The lowest BCUT2D eigenvalue weighted by Crippen LogP contribution is -2.32. The molecule has 1 aromatic rings. The van der Waals surface area contributed by atoms with E-state index < -0.39 is 0 Å². The molecule has 17 heavy (non-hydrogen) atoms. The van der Waals surface area contributed by atoms with Crippen LogP contribution in [0.1, 0.15) is 12.0 Å². The quantitative estimate of drug-likeness (QED) is 0.770. The number of rotatable bonds is 2. The normalized spacial score (nSPS) is 17.1. The zero-order valence-corrected chi connectivity index (χ0v) is 9.80. The van der Waals surface area contributed by atoms with Crippen molar-refractivity contribution in [3.05, 3.63) is 36.2 Å². The van der Waals surface area contributed by atoms with Crippen LogP contribution in [0.5, 0.6) is 0 Å². The molecule has 1 amide bonds. The zero-order valence-electron chi connectivity index (χ0n) is 9.80. The largest absolute Gasteiger partial charge is 0.338 e. The van der Waals surface area contributed by atoms with Gasteiger partial charge in [-0.05, 0) is 30.7 Å². The van der Waals surface area contributed by atoms with Crippen LogP contribution in [0.3, 0.4) is 0 Å². The number of carbonyl (C=O) groups excluding carboxylic acids is 1. The third-order valence-corrected chi connectivity index (χ3v) is 2.75. The second-order valence-corrected chi connectivity index (χ2v) is 4.05. The van der Waals surface area contributed by atoms with Gasteiger partial charge in [-0.2, -0.15) is 0 Å². The van der Waals surface area contributed by atoms with E-state index in [4.69, 9.17) is 0 Å². The third-order valence-electron chi connectivity index (χ3n) is 2.75. The van der Waals surface area contributed by atoms with Crippen molar-refractivity contribution < 1.29 is 4.79 Å². The monoisotopic (exact) mass is 231 g/mol. The average Bonchev–Trinajstić information content (AvgIpc) is 2.66.